The van der Waals surface area contributed by atoms with Gasteiger partial charge in [0.1, 0.15) is 5.00 Å². The maximum absolute atomic E-state index is 13.8. The maximum atomic E-state index is 13.8. The molecule has 0 aliphatic heterocycles. The van der Waals surface area contributed by atoms with E-state index in [1.54, 1.807) is 0 Å². The molecule has 1 aromatic carbocycles. The number of nitrogens with two attached hydrogens (primary N) is 2. The van der Waals surface area contributed by atoms with Crippen LogP contribution in [0.2, 0.25) is 5.02 Å². The normalized spacial score (nSPS) is 10.2. The number of hydrogen-bond donors (Lipinski definition) is 4. The van der Waals surface area contributed by atoms with Crippen LogP contribution >= 0.6 is 22.9 Å². The molecule has 7 nitrogen and oxygen atoms in total. The first-order valence-corrected chi connectivity index (χ1v) is 7.24. The van der Waals surface area contributed by atoms with Gasteiger partial charge in [0.15, 0.2) is 5.82 Å². The van der Waals surface area contributed by atoms with Gasteiger partial charge in [-0.1, -0.05) is 29.0 Å². The number of thiophene rings is 1. The van der Waals surface area contributed by atoms with Crippen molar-refractivity contribution in [3.05, 3.63) is 46.2 Å². The Morgan fingerprint density at radius 1 is 1.13 bits per heavy atom. The zero-order valence-electron chi connectivity index (χ0n) is 11.4. The van der Waals surface area contributed by atoms with Crippen LogP contribution in [-0.4, -0.2) is 17.8 Å². The van der Waals surface area contributed by atoms with E-state index in [1.807, 2.05) is 0 Å². The fraction of sp³-hybridized carbons (Fsp3) is 0. The summed E-state index contributed by atoms with van der Waals surface area (Å²) in [5, 5.41) is 4.67. The molecule has 120 valence electrons. The highest BCUT2D eigenvalue weighted by atomic mass is 35.5. The van der Waals surface area contributed by atoms with Gasteiger partial charge in [0.05, 0.1) is 21.2 Å². The molecule has 0 radical (unpaired) electrons. The Labute approximate surface area is 138 Å². The van der Waals surface area contributed by atoms with Gasteiger partial charge in [-0.05, 0) is 18.2 Å². The van der Waals surface area contributed by atoms with E-state index in [2.05, 4.69) is 10.6 Å². The topological polar surface area (TPSA) is 127 Å². The van der Waals surface area contributed by atoms with E-state index in [0.29, 0.717) is 0 Å². The van der Waals surface area contributed by atoms with Gasteiger partial charge >= 0.3 is 6.03 Å². The van der Waals surface area contributed by atoms with Gasteiger partial charge in [-0.3, -0.25) is 14.9 Å². The molecule has 4 amide bonds. The van der Waals surface area contributed by atoms with Crippen LogP contribution in [0.3, 0.4) is 0 Å². The molecular weight excluding hydrogens is 347 g/mol. The third-order valence-corrected chi connectivity index (χ3v) is 3.93. The Bertz CT molecular complexity index is 809. The number of urea groups is 1. The van der Waals surface area contributed by atoms with Gasteiger partial charge in [0.25, 0.3) is 11.8 Å². The average molecular weight is 357 g/mol. The summed E-state index contributed by atoms with van der Waals surface area (Å²) in [5.74, 6) is -2.46. The Balaban J connectivity index is 2.29. The second kappa shape index (κ2) is 6.63. The van der Waals surface area contributed by atoms with Crippen LogP contribution in [0.4, 0.5) is 19.2 Å². The number of benzene rings is 1. The van der Waals surface area contributed by atoms with Crippen LogP contribution in [-0.2, 0) is 0 Å². The first-order valence-electron chi connectivity index (χ1n) is 6.05. The predicted octanol–water partition coefficient (Wildman–Crippen LogP) is 2.38. The molecule has 1 aromatic heterocycles. The van der Waals surface area contributed by atoms with Gasteiger partial charge in [-0.2, -0.15) is 0 Å². The molecule has 0 atom stereocenters. The minimum absolute atomic E-state index is 0.0318. The minimum atomic E-state index is -0.895. The number of anilines is 2. The molecule has 2 aromatic rings. The summed E-state index contributed by atoms with van der Waals surface area (Å²) in [6, 6.07) is 4.33. The van der Waals surface area contributed by atoms with Crippen molar-refractivity contribution in [2.75, 3.05) is 10.6 Å². The molecule has 0 fully saturated rings. The van der Waals surface area contributed by atoms with Crippen molar-refractivity contribution in [1.82, 2.24) is 0 Å². The molecule has 0 saturated carbocycles. The number of hydrogen-bond acceptors (Lipinski definition) is 4. The number of primary amides is 2. The molecular formula is C13H10ClFN4O3S. The van der Waals surface area contributed by atoms with E-state index in [9.17, 15) is 18.8 Å². The van der Waals surface area contributed by atoms with Crippen LogP contribution in [0.1, 0.15) is 20.7 Å². The summed E-state index contributed by atoms with van der Waals surface area (Å²) in [4.78, 5) is 34.3. The monoisotopic (exact) mass is 356 g/mol. The van der Waals surface area contributed by atoms with Crippen molar-refractivity contribution >= 4 is 50.8 Å². The highest BCUT2D eigenvalue weighted by Crippen LogP contribution is 2.32. The predicted molar refractivity (Wildman–Crippen MR) is 85.4 cm³/mol. The second-order valence-corrected chi connectivity index (χ2v) is 5.72. The minimum Gasteiger partial charge on any atom is -0.366 e. The van der Waals surface area contributed by atoms with Crippen molar-refractivity contribution in [1.29, 1.82) is 0 Å². The number of amides is 4. The summed E-state index contributed by atoms with van der Waals surface area (Å²) < 4.78 is 13.8. The molecule has 0 bridgehead atoms. The smallest absolute Gasteiger partial charge is 0.317 e. The lowest BCUT2D eigenvalue weighted by atomic mass is 10.2. The van der Waals surface area contributed by atoms with E-state index >= 15 is 0 Å². The molecule has 0 unspecified atom stereocenters. The summed E-state index contributed by atoms with van der Waals surface area (Å²) in [7, 11) is 0. The van der Waals surface area contributed by atoms with Crippen molar-refractivity contribution in [2.24, 2.45) is 11.5 Å². The second-order valence-electron chi connectivity index (χ2n) is 4.26. The molecule has 2 rings (SSSR count). The van der Waals surface area contributed by atoms with Crippen molar-refractivity contribution < 1.29 is 18.8 Å². The van der Waals surface area contributed by atoms with Gasteiger partial charge in [0.2, 0.25) is 0 Å². The van der Waals surface area contributed by atoms with E-state index in [0.717, 1.165) is 11.3 Å². The van der Waals surface area contributed by atoms with Crippen LogP contribution in [0.15, 0.2) is 24.3 Å². The maximum Gasteiger partial charge on any atom is 0.317 e. The Morgan fingerprint density at radius 3 is 2.43 bits per heavy atom. The highest BCUT2D eigenvalue weighted by Gasteiger charge is 2.19. The fourth-order valence-corrected chi connectivity index (χ4v) is 2.83. The first kappa shape index (κ1) is 16.7. The summed E-state index contributed by atoms with van der Waals surface area (Å²) >= 11 is 6.46. The van der Waals surface area contributed by atoms with E-state index < -0.39 is 23.7 Å². The fourth-order valence-electron chi connectivity index (χ4n) is 1.70. The van der Waals surface area contributed by atoms with E-state index in [1.165, 1.54) is 24.3 Å². The number of rotatable bonds is 4. The molecule has 0 saturated heterocycles. The quantitative estimate of drug-likeness (QED) is 0.671. The SMILES string of the molecule is NC(=O)Nc1sc(NC(=O)c2cccc(Cl)c2F)cc1C(N)=O. The van der Waals surface area contributed by atoms with Crippen molar-refractivity contribution in [3.63, 3.8) is 0 Å². The number of carbonyl (C=O) groups is 3. The number of halogens is 2. The molecule has 6 N–H and O–H groups in total. The highest BCUT2D eigenvalue weighted by molar-refractivity contribution is 7.20. The Morgan fingerprint density at radius 2 is 1.83 bits per heavy atom. The van der Waals surface area contributed by atoms with Crippen LogP contribution in [0.25, 0.3) is 0 Å². The number of carbonyl (C=O) groups excluding carboxylic acids is 3. The Hall–Kier alpha value is -2.65. The van der Waals surface area contributed by atoms with Gasteiger partial charge in [-0.25, -0.2) is 9.18 Å². The third-order valence-electron chi connectivity index (χ3n) is 2.67. The van der Waals surface area contributed by atoms with Gasteiger partial charge in [0, 0.05) is 0 Å². The lowest BCUT2D eigenvalue weighted by molar-refractivity contribution is 0.0997. The zero-order chi connectivity index (χ0) is 17.1. The zero-order valence-corrected chi connectivity index (χ0v) is 12.9. The molecule has 0 aliphatic carbocycles. The van der Waals surface area contributed by atoms with Gasteiger partial charge < -0.3 is 16.8 Å². The van der Waals surface area contributed by atoms with Gasteiger partial charge in [-0.15, -0.1) is 0 Å². The molecule has 1 heterocycles. The molecule has 0 aliphatic rings. The molecule has 23 heavy (non-hydrogen) atoms. The average Bonchev–Trinajstić information content (AvgIpc) is 2.83. The van der Waals surface area contributed by atoms with Crippen LogP contribution < -0.4 is 22.1 Å². The first-order chi connectivity index (χ1) is 10.8. The van der Waals surface area contributed by atoms with Crippen molar-refractivity contribution in [3.8, 4) is 0 Å². The molecule has 0 spiro atoms. The van der Waals surface area contributed by atoms with E-state index in [4.69, 9.17) is 23.1 Å². The van der Waals surface area contributed by atoms with E-state index in [-0.39, 0.29) is 26.2 Å². The standard InChI is InChI=1S/C13H10ClFN4O3S/c14-7-3-1-2-5(9(7)15)11(21)18-8-4-6(10(16)20)12(23-8)19-13(17)22/h1-4H,(H2,16,20)(H,18,21)(H3,17,19,22). The molecule has 10 heteroatoms. The van der Waals surface area contributed by atoms with Crippen LogP contribution in [0, 0.1) is 5.82 Å². The summed E-state index contributed by atoms with van der Waals surface area (Å²) in [6.07, 6.45) is 0. The number of nitrogens with one attached hydrogen (secondary N) is 2. The lowest BCUT2D eigenvalue weighted by Crippen LogP contribution is -2.21. The van der Waals surface area contributed by atoms with Crippen LogP contribution in [0.5, 0.6) is 0 Å². The summed E-state index contributed by atoms with van der Waals surface area (Å²) in [6.45, 7) is 0. The van der Waals surface area contributed by atoms with Crippen molar-refractivity contribution in [2.45, 2.75) is 0 Å². The largest absolute Gasteiger partial charge is 0.366 e. The summed E-state index contributed by atoms with van der Waals surface area (Å²) in [5.41, 5.74) is 9.86. The third kappa shape index (κ3) is 3.76. The lowest BCUT2D eigenvalue weighted by Gasteiger charge is -2.04. The Kier molecular flexibility index (Phi) is 4.82.